The highest BCUT2D eigenvalue weighted by Crippen LogP contribution is 2.34. The molecule has 10 heavy (non-hydrogen) atoms. The summed E-state index contributed by atoms with van der Waals surface area (Å²) >= 11 is 12.0. The largest absolute Gasteiger partial charge is 0.377 e. The van der Waals surface area contributed by atoms with Crippen LogP contribution < -0.4 is 0 Å². The molecule has 0 aromatic heterocycles. The van der Waals surface area contributed by atoms with Crippen LogP contribution in [0.1, 0.15) is 20.3 Å². The highest BCUT2D eigenvalue weighted by atomic mass is 35.5. The first-order chi connectivity index (χ1) is 4.52. The van der Waals surface area contributed by atoms with E-state index in [1.165, 1.54) is 0 Å². The molecule has 0 saturated carbocycles. The van der Waals surface area contributed by atoms with Gasteiger partial charge in [-0.15, -0.1) is 23.2 Å². The minimum absolute atomic E-state index is 0.0506. The van der Waals surface area contributed by atoms with Gasteiger partial charge in [0.25, 0.3) is 0 Å². The van der Waals surface area contributed by atoms with Gasteiger partial charge in [-0.1, -0.05) is 0 Å². The second-order valence-corrected chi connectivity index (χ2v) is 4.48. The summed E-state index contributed by atoms with van der Waals surface area (Å²) in [6, 6.07) is 0. The van der Waals surface area contributed by atoms with Gasteiger partial charge in [0, 0.05) is 0 Å². The molecule has 0 aromatic rings. The van der Waals surface area contributed by atoms with Crippen LogP contribution in [0.3, 0.4) is 0 Å². The zero-order valence-corrected chi connectivity index (χ0v) is 7.74. The number of halogens is 2. The summed E-state index contributed by atoms with van der Waals surface area (Å²) in [6.07, 6.45) is 1.08. The number of ether oxygens (including phenoxy) is 1. The Balaban J connectivity index is 2.55. The van der Waals surface area contributed by atoms with Crippen molar-refractivity contribution in [2.75, 3.05) is 6.61 Å². The molecule has 0 aromatic carbocycles. The maximum Gasteiger partial charge on any atom is 0.0759 e. The van der Waals surface area contributed by atoms with E-state index in [2.05, 4.69) is 0 Å². The summed E-state index contributed by atoms with van der Waals surface area (Å²) in [4.78, 5) is -0.279. The van der Waals surface area contributed by atoms with Crippen molar-refractivity contribution >= 4 is 23.2 Å². The first-order valence-electron chi connectivity index (χ1n) is 3.47. The lowest BCUT2D eigenvalue weighted by atomic mass is 9.97. The lowest BCUT2D eigenvalue weighted by Gasteiger charge is -2.35. The fraction of sp³-hybridized carbons (Fsp3) is 1.00. The average molecular weight is 183 g/mol. The molecule has 0 radical (unpaired) electrons. The van der Waals surface area contributed by atoms with Crippen LogP contribution in [0.25, 0.3) is 0 Å². The predicted octanol–water partition coefficient (Wildman–Crippen LogP) is 2.40. The highest BCUT2D eigenvalue weighted by Gasteiger charge is 2.36. The van der Waals surface area contributed by atoms with Crippen molar-refractivity contribution in [3.8, 4) is 0 Å². The molecule has 60 valence electrons. The van der Waals surface area contributed by atoms with Crippen LogP contribution >= 0.6 is 23.2 Å². The average Bonchev–Trinajstić information content (AvgIpc) is 1.78. The van der Waals surface area contributed by atoms with E-state index in [0.717, 1.165) is 6.42 Å². The molecule has 0 amide bonds. The molecule has 1 aliphatic heterocycles. The molecule has 0 bridgehead atoms. The van der Waals surface area contributed by atoms with Crippen molar-refractivity contribution in [1.29, 1.82) is 0 Å². The molecule has 0 spiro atoms. The minimum Gasteiger partial charge on any atom is -0.377 e. The molecule has 1 aliphatic rings. The lowest BCUT2D eigenvalue weighted by Crippen LogP contribution is -2.42. The third-order valence-electron chi connectivity index (χ3n) is 1.87. The van der Waals surface area contributed by atoms with Gasteiger partial charge in [-0.2, -0.15) is 0 Å². The zero-order valence-electron chi connectivity index (χ0n) is 6.23. The summed E-state index contributed by atoms with van der Waals surface area (Å²) in [5, 5.41) is -0.0506. The Labute approximate surface area is 71.6 Å². The van der Waals surface area contributed by atoms with Gasteiger partial charge in [-0.05, 0) is 20.3 Å². The zero-order chi connectivity index (χ0) is 7.78. The Kier molecular flexibility index (Phi) is 2.49. The molecule has 0 aliphatic carbocycles. The molecule has 1 saturated heterocycles. The van der Waals surface area contributed by atoms with Crippen molar-refractivity contribution in [2.24, 2.45) is 0 Å². The van der Waals surface area contributed by atoms with Gasteiger partial charge in [0.15, 0.2) is 0 Å². The quantitative estimate of drug-likeness (QED) is 0.524. The van der Waals surface area contributed by atoms with Crippen molar-refractivity contribution in [3.05, 3.63) is 0 Å². The third-order valence-corrected chi connectivity index (χ3v) is 3.00. The fourth-order valence-electron chi connectivity index (χ4n) is 1.17. The third kappa shape index (κ3) is 1.77. The van der Waals surface area contributed by atoms with Crippen molar-refractivity contribution in [3.63, 3.8) is 0 Å². The number of alkyl halides is 2. The van der Waals surface area contributed by atoms with Gasteiger partial charge < -0.3 is 4.74 Å². The lowest BCUT2D eigenvalue weighted by molar-refractivity contribution is 0.0168. The molecular weight excluding hydrogens is 171 g/mol. The monoisotopic (exact) mass is 182 g/mol. The summed E-state index contributed by atoms with van der Waals surface area (Å²) < 4.78 is 5.31. The fourth-order valence-corrected chi connectivity index (χ4v) is 1.61. The van der Waals surface area contributed by atoms with Crippen LogP contribution in [-0.4, -0.2) is 23.0 Å². The summed E-state index contributed by atoms with van der Waals surface area (Å²) in [7, 11) is 0. The van der Waals surface area contributed by atoms with Crippen LogP contribution in [0.2, 0.25) is 0 Å². The van der Waals surface area contributed by atoms with Crippen LogP contribution in [-0.2, 0) is 4.74 Å². The normalized spacial score (nSPS) is 49.2. The Morgan fingerprint density at radius 3 is 2.60 bits per heavy atom. The Morgan fingerprint density at radius 1 is 1.60 bits per heavy atom. The highest BCUT2D eigenvalue weighted by molar-refractivity contribution is 6.32. The van der Waals surface area contributed by atoms with E-state index in [0.29, 0.717) is 6.61 Å². The minimum atomic E-state index is -0.279. The second-order valence-electron chi connectivity index (χ2n) is 3.09. The molecule has 1 fully saturated rings. The van der Waals surface area contributed by atoms with Gasteiger partial charge >= 0.3 is 0 Å². The van der Waals surface area contributed by atoms with Crippen molar-refractivity contribution in [2.45, 2.75) is 36.6 Å². The van der Waals surface area contributed by atoms with E-state index in [4.69, 9.17) is 27.9 Å². The van der Waals surface area contributed by atoms with Gasteiger partial charge in [0.05, 0.1) is 23.0 Å². The Morgan fingerprint density at radius 2 is 2.20 bits per heavy atom. The smallest absolute Gasteiger partial charge is 0.0759 e. The summed E-state index contributed by atoms with van der Waals surface area (Å²) in [5.74, 6) is 0. The van der Waals surface area contributed by atoms with Crippen LogP contribution in [0.15, 0.2) is 0 Å². The summed E-state index contributed by atoms with van der Waals surface area (Å²) in [6.45, 7) is 4.55. The van der Waals surface area contributed by atoms with Crippen LogP contribution in [0, 0.1) is 0 Å². The van der Waals surface area contributed by atoms with Gasteiger partial charge in [0.2, 0.25) is 0 Å². The van der Waals surface area contributed by atoms with E-state index < -0.39 is 0 Å². The molecule has 1 nitrogen and oxygen atoms in total. The first-order valence-corrected chi connectivity index (χ1v) is 4.28. The molecule has 3 unspecified atom stereocenters. The number of rotatable bonds is 0. The maximum absolute atomic E-state index is 6.11. The predicted molar refractivity (Wildman–Crippen MR) is 43.9 cm³/mol. The number of hydrogen-bond donors (Lipinski definition) is 0. The SMILES string of the molecule is CC1CC(C)(Cl)C(Cl)CO1. The number of hydrogen-bond acceptors (Lipinski definition) is 1. The Hall–Kier alpha value is 0.540. The molecule has 3 atom stereocenters. The van der Waals surface area contributed by atoms with E-state index in [-0.39, 0.29) is 16.4 Å². The van der Waals surface area contributed by atoms with Crippen LogP contribution in [0.5, 0.6) is 0 Å². The van der Waals surface area contributed by atoms with Crippen LogP contribution in [0.4, 0.5) is 0 Å². The molecule has 1 rings (SSSR count). The second kappa shape index (κ2) is 2.88. The first kappa shape index (κ1) is 8.63. The van der Waals surface area contributed by atoms with Crippen molar-refractivity contribution < 1.29 is 4.74 Å². The molecule has 0 N–H and O–H groups in total. The van der Waals surface area contributed by atoms with Gasteiger partial charge in [-0.25, -0.2) is 0 Å². The maximum atomic E-state index is 6.11. The van der Waals surface area contributed by atoms with Gasteiger partial charge in [0.1, 0.15) is 0 Å². The molecule has 3 heteroatoms. The topological polar surface area (TPSA) is 9.23 Å². The Bertz CT molecular complexity index is 125. The molecular formula is C7H12Cl2O. The standard InChI is InChI=1S/C7H12Cl2O/c1-5-3-7(2,9)6(8)4-10-5/h5-6H,3-4H2,1-2H3. The van der Waals surface area contributed by atoms with E-state index in [1.807, 2.05) is 13.8 Å². The summed E-state index contributed by atoms with van der Waals surface area (Å²) in [5.41, 5.74) is 0. The molecule has 1 heterocycles. The van der Waals surface area contributed by atoms with Crippen molar-refractivity contribution in [1.82, 2.24) is 0 Å². The van der Waals surface area contributed by atoms with E-state index in [9.17, 15) is 0 Å². The van der Waals surface area contributed by atoms with E-state index >= 15 is 0 Å². The van der Waals surface area contributed by atoms with Gasteiger partial charge in [-0.3, -0.25) is 0 Å². The van der Waals surface area contributed by atoms with E-state index in [1.54, 1.807) is 0 Å².